The highest BCUT2D eigenvalue weighted by atomic mass is 32.2. The smallest absolute Gasteiger partial charge is 0.0670 e. The molecule has 1 rings (SSSR count). The lowest BCUT2D eigenvalue weighted by Crippen LogP contribution is -2.43. The van der Waals surface area contributed by atoms with E-state index in [-0.39, 0.29) is 6.10 Å². The van der Waals surface area contributed by atoms with Gasteiger partial charge in [0.2, 0.25) is 0 Å². The quantitative estimate of drug-likeness (QED) is 0.725. The molecule has 2 nitrogen and oxygen atoms in total. The second kappa shape index (κ2) is 7.36. The Morgan fingerprint density at radius 1 is 1.56 bits per heavy atom. The van der Waals surface area contributed by atoms with E-state index in [0.717, 1.165) is 43.6 Å². The first kappa shape index (κ1) is 14.1. The minimum Gasteiger partial charge on any atom is -0.392 e. The van der Waals surface area contributed by atoms with Crippen molar-refractivity contribution in [2.75, 3.05) is 25.4 Å². The lowest BCUT2D eigenvalue weighted by molar-refractivity contribution is 0.106. The molecule has 0 aliphatic carbocycles. The number of nitrogens with zero attached hydrogens (tertiary/aromatic N) is 1. The fraction of sp³-hybridized carbons (Fsp3) is 0.846. The van der Waals surface area contributed by atoms with Gasteiger partial charge >= 0.3 is 0 Å². The van der Waals surface area contributed by atoms with Crippen LogP contribution in [0.4, 0.5) is 0 Å². The zero-order chi connectivity index (χ0) is 12.0. The molecule has 0 aromatic carbocycles. The van der Waals surface area contributed by atoms with Crippen LogP contribution in [0.25, 0.3) is 0 Å². The van der Waals surface area contributed by atoms with Crippen LogP contribution in [-0.2, 0) is 0 Å². The van der Waals surface area contributed by atoms with Crippen molar-refractivity contribution in [3.05, 3.63) is 12.7 Å². The van der Waals surface area contributed by atoms with E-state index in [1.165, 1.54) is 5.75 Å². The molecule has 94 valence electrons. The number of hydrogen-bond acceptors (Lipinski definition) is 3. The maximum Gasteiger partial charge on any atom is 0.0670 e. The van der Waals surface area contributed by atoms with Crippen LogP contribution in [-0.4, -0.2) is 46.7 Å². The summed E-state index contributed by atoms with van der Waals surface area (Å²) in [4.78, 5) is 2.41. The van der Waals surface area contributed by atoms with Crippen LogP contribution in [0.2, 0.25) is 0 Å². The van der Waals surface area contributed by atoms with Gasteiger partial charge in [0.05, 0.1) is 6.10 Å². The molecule has 0 radical (unpaired) electrons. The Balaban J connectivity index is 2.28. The van der Waals surface area contributed by atoms with Crippen LogP contribution in [0.5, 0.6) is 0 Å². The molecule has 1 fully saturated rings. The van der Waals surface area contributed by atoms with Crippen LogP contribution in [0.3, 0.4) is 0 Å². The fourth-order valence-electron chi connectivity index (χ4n) is 2.00. The molecule has 1 aliphatic heterocycles. The lowest BCUT2D eigenvalue weighted by Gasteiger charge is -2.35. The highest BCUT2D eigenvalue weighted by Gasteiger charge is 2.23. The van der Waals surface area contributed by atoms with Gasteiger partial charge in [-0.05, 0) is 18.8 Å². The summed E-state index contributed by atoms with van der Waals surface area (Å²) < 4.78 is 0. The molecule has 1 N–H and O–H groups in total. The molecule has 2 atom stereocenters. The molecular weight excluding hydrogens is 218 g/mol. The van der Waals surface area contributed by atoms with Gasteiger partial charge in [0.1, 0.15) is 0 Å². The Hall–Kier alpha value is 0.0100. The first-order chi connectivity index (χ1) is 7.63. The van der Waals surface area contributed by atoms with E-state index in [1.807, 2.05) is 6.08 Å². The minimum absolute atomic E-state index is 0.186. The van der Waals surface area contributed by atoms with Crippen molar-refractivity contribution < 1.29 is 5.11 Å². The van der Waals surface area contributed by atoms with Crippen LogP contribution < -0.4 is 0 Å². The van der Waals surface area contributed by atoms with Crippen molar-refractivity contribution in [3.63, 3.8) is 0 Å². The molecule has 2 unspecified atom stereocenters. The number of aliphatic hydroxyl groups is 1. The van der Waals surface area contributed by atoms with Gasteiger partial charge in [-0.3, -0.25) is 4.90 Å². The summed E-state index contributed by atoms with van der Waals surface area (Å²) in [6.45, 7) is 11.3. The largest absolute Gasteiger partial charge is 0.392 e. The average Bonchev–Trinajstić information content (AvgIpc) is 2.26. The number of allylic oxidation sites excluding steroid dienone is 1. The summed E-state index contributed by atoms with van der Waals surface area (Å²) in [7, 11) is 0. The molecule has 0 aromatic rings. The number of rotatable bonds is 6. The molecule has 0 amide bonds. The molecule has 1 aliphatic rings. The van der Waals surface area contributed by atoms with Crippen LogP contribution in [0, 0.1) is 5.92 Å². The number of aliphatic hydroxyl groups excluding tert-OH is 1. The van der Waals surface area contributed by atoms with E-state index in [4.69, 9.17) is 0 Å². The van der Waals surface area contributed by atoms with Crippen LogP contribution in [0.1, 0.15) is 26.7 Å². The van der Waals surface area contributed by atoms with E-state index in [1.54, 1.807) is 0 Å². The van der Waals surface area contributed by atoms with Gasteiger partial charge in [-0.1, -0.05) is 19.9 Å². The highest BCUT2D eigenvalue weighted by Crippen LogP contribution is 2.25. The van der Waals surface area contributed by atoms with Crippen molar-refractivity contribution in [2.24, 2.45) is 5.92 Å². The van der Waals surface area contributed by atoms with E-state index >= 15 is 0 Å². The van der Waals surface area contributed by atoms with Gasteiger partial charge < -0.3 is 5.11 Å². The Morgan fingerprint density at radius 3 is 2.94 bits per heavy atom. The van der Waals surface area contributed by atoms with Gasteiger partial charge in [-0.25, -0.2) is 0 Å². The minimum atomic E-state index is -0.186. The molecular formula is C13H25NOS. The third-order valence-electron chi connectivity index (χ3n) is 3.09. The molecule has 0 saturated carbocycles. The summed E-state index contributed by atoms with van der Waals surface area (Å²) in [6, 6.07) is 0. The van der Waals surface area contributed by atoms with E-state index < -0.39 is 0 Å². The number of hydrogen-bond donors (Lipinski definition) is 1. The summed E-state index contributed by atoms with van der Waals surface area (Å²) in [5, 5.41) is 10.6. The monoisotopic (exact) mass is 243 g/mol. The standard InChI is InChI=1S/C13H25NOS/c1-4-5-6-12(15)9-14-7-8-16-13(10-14)11(2)3/h4,11-13,15H,1,5-10H2,2-3H3. The van der Waals surface area contributed by atoms with Gasteiger partial charge in [0.15, 0.2) is 0 Å². The van der Waals surface area contributed by atoms with E-state index in [9.17, 15) is 5.11 Å². The first-order valence-corrected chi connectivity index (χ1v) is 7.31. The Labute approximate surface area is 104 Å². The summed E-state index contributed by atoms with van der Waals surface area (Å²) in [5.74, 6) is 1.94. The normalized spacial score (nSPS) is 24.6. The Morgan fingerprint density at radius 2 is 2.31 bits per heavy atom. The molecule has 0 aromatic heterocycles. The van der Waals surface area contributed by atoms with Crippen LogP contribution >= 0.6 is 11.8 Å². The second-order valence-corrected chi connectivity index (χ2v) is 6.28. The molecule has 0 bridgehead atoms. The van der Waals surface area contributed by atoms with Crippen molar-refractivity contribution in [1.29, 1.82) is 0 Å². The zero-order valence-corrected chi connectivity index (χ0v) is 11.4. The van der Waals surface area contributed by atoms with E-state index in [0.29, 0.717) is 0 Å². The third kappa shape index (κ3) is 4.89. The number of β-amino-alcohol motifs (C(OH)–C–C–N with tert-alkyl or cyclic N) is 1. The molecule has 3 heteroatoms. The predicted octanol–water partition coefficient (Wildman–Crippen LogP) is 2.39. The Kier molecular flexibility index (Phi) is 6.47. The van der Waals surface area contributed by atoms with Crippen LogP contribution in [0.15, 0.2) is 12.7 Å². The fourth-order valence-corrected chi connectivity index (χ4v) is 3.37. The maximum absolute atomic E-state index is 9.86. The van der Waals surface area contributed by atoms with Crippen molar-refractivity contribution in [2.45, 2.75) is 38.0 Å². The average molecular weight is 243 g/mol. The number of thioether (sulfide) groups is 1. The second-order valence-electron chi connectivity index (χ2n) is 4.93. The first-order valence-electron chi connectivity index (χ1n) is 6.26. The zero-order valence-electron chi connectivity index (χ0n) is 10.6. The van der Waals surface area contributed by atoms with Gasteiger partial charge in [0, 0.05) is 30.6 Å². The van der Waals surface area contributed by atoms with E-state index in [2.05, 4.69) is 37.1 Å². The molecule has 1 saturated heterocycles. The molecule has 0 spiro atoms. The summed E-state index contributed by atoms with van der Waals surface area (Å²) in [5.41, 5.74) is 0. The molecule has 16 heavy (non-hydrogen) atoms. The summed E-state index contributed by atoms with van der Waals surface area (Å²) >= 11 is 2.08. The predicted molar refractivity (Wildman–Crippen MR) is 73.0 cm³/mol. The third-order valence-corrected chi connectivity index (χ3v) is 4.63. The maximum atomic E-state index is 9.86. The van der Waals surface area contributed by atoms with Gasteiger partial charge in [0.25, 0.3) is 0 Å². The Bertz CT molecular complexity index is 208. The van der Waals surface area contributed by atoms with Crippen molar-refractivity contribution >= 4 is 11.8 Å². The molecule has 1 heterocycles. The van der Waals surface area contributed by atoms with Crippen molar-refractivity contribution in [3.8, 4) is 0 Å². The lowest BCUT2D eigenvalue weighted by atomic mass is 10.1. The SMILES string of the molecule is C=CCCC(O)CN1CCSC(C(C)C)C1. The topological polar surface area (TPSA) is 23.5 Å². The van der Waals surface area contributed by atoms with Gasteiger partial charge in [-0.15, -0.1) is 6.58 Å². The van der Waals surface area contributed by atoms with Crippen molar-refractivity contribution in [1.82, 2.24) is 4.90 Å². The van der Waals surface area contributed by atoms with Gasteiger partial charge in [-0.2, -0.15) is 11.8 Å². The highest BCUT2D eigenvalue weighted by molar-refractivity contribution is 8.00. The summed E-state index contributed by atoms with van der Waals surface area (Å²) in [6.07, 6.45) is 3.46.